The van der Waals surface area contributed by atoms with E-state index in [1.807, 2.05) is 50.7 Å². The number of nitrogens with zero attached hydrogens (tertiary/aromatic N) is 4. The van der Waals surface area contributed by atoms with E-state index in [4.69, 9.17) is 16.3 Å². The molecule has 3 heterocycles. The molecule has 0 saturated heterocycles. The van der Waals surface area contributed by atoms with Gasteiger partial charge in [-0.2, -0.15) is 0 Å². The molecule has 0 fully saturated rings. The zero-order valence-corrected chi connectivity index (χ0v) is 24.2. The molecule has 0 aliphatic heterocycles. The maximum absolute atomic E-state index is 12.8. The van der Waals surface area contributed by atoms with E-state index >= 15 is 0 Å². The van der Waals surface area contributed by atoms with Crippen LogP contribution in [-0.2, 0) is 0 Å². The van der Waals surface area contributed by atoms with Gasteiger partial charge in [0.15, 0.2) is 22.5 Å². The van der Waals surface area contributed by atoms with Gasteiger partial charge in [0.1, 0.15) is 5.75 Å². The number of Topliss-reactive ketones (excluding diaryl/α,β-unsaturated/α-hetero) is 1. The zero-order chi connectivity index (χ0) is 27.1. The summed E-state index contributed by atoms with van der Waals surface area (Å²) in [6, 6.07) is 12.9. The minimum Gasteiger partial charge on any atom is -0.452 e. The van der Waals surface area contributed by atoms with Gasteiger partial charge in [0, 0.05) is 39.9 Å². The predicted molar refractivity (Wildman–Crippen MR) is 163 cm³/mol. The van der Waals surface area contributed by atoms with E-state index in [1.165, 1.54) is 11.3 Å². The van der Waals surface area contributed by atoms with Crippen molar-refractivity contribution in [1.29, 1.82) is 0 Å². The number of ketones is 1. The summed E-state index contributed by atoms with van der Waals surface area (Å²) in [7, 11) is 3.99. The molecular weight excluding hydrogens is 550 g/mol. The average molecular weight is 584 g/mol. The Morgan fingerprint density at radius 2 is 2.00 bits per heavy atom. The van der Waals surface area contributed by atoms with E-state index < -0.39 is 0 Å². The number of rotatable bonds is 12. The second-order valence-electron chi connectivity index (χ2n) is 9.03. The van der Waals surface area contributed by atoms with Crippen LogP contribution < -0.4 is 10.1 Å². The highest BCUT2D eigenvalue weighted by Crippen LogP contribution is 2.40. The lowest BCUT2D eigenvalue weighted by molar-refractivity contribution is 0.0977. The summed E-state index contributed by atoms with van der Waals surface area (Å²) in [6.45, 7) is 4.88. The SMILES string of the molecule is C.Cc1csc(Nc2ncc(SC(C)c3ccccn3)cc2Oc2cc(C(=O)CCCN(C)C)ccc2Cl)n1. The summed E-state index contributed by atoms with van der Waals surface area (Å²) in [5.41, 5.74) is 2.46. The van der Waals surface area contributed by atoms with Crippen LogP contribution in [0.2, 0.25) is 5.02 Å². The summed E-state index contributed by atoms with van der Waals surface area (Å²) in [4.78, 5) is 29.4. The molecule has 206 valence electrons. The summed E-state index contributed by atoms with van der Waals surface area (Å²) in [5.74, 6) is 1.44. The number of halogens is 1. The van der Waals surface area contributed by atoms with Gasteiger partial charge in [-0.05, 0) is 77.3 Å². The number of thiazole rings is 1. The van der Waals surface area contributed by atoms with Gasteiger partial charge >= 0.3 is 0 Å². The number of thioether (sulfide) groups is 1. The monoisotopic (exact) mass is 583 g/mol. The second-order valence-corrected chi connectivity index (χ2v) is 11.7. The molecule has 0 aliphatic carbocycles. The fourth-order valence-corrected chi connectivity index (χ4v) is 5.43. The average Bonchev–Trinajstić information content (AvgIpc) is 3.31. The van der Waals surface area contributed by atoms with Crippen LogP contribution in [0.15, 0.2) is 65.1 Å². The van der Waals surface area contributed by atoms with Crippen LogP contribution in [0.25, 0.3) is 0 Å². The molecule has 0 aliphatic rings. The fraction of sp³-hybridized carbons (Fsp3) is 0.310. The predicted octanol–water partition coefficient (Wildman–Crippen LogP) is 8.44. The van der Waals surface area contributed by atoms with E-state index in [2.05, 4.69) is 32.1 Å². The highest BCUT2D eigenvalue weighted by atomic mass is 35.5. The second kappa shape index (κ2) is 14.4. The lowest BCUT2D eigenvalue weighted by Crippen LogP contribution is -2.14. The van der Waals surface area contributed by atoms with E-state index in [1.54, 1.807) is 42.4 Å². The van der Waals surface area contributed by atoms with Gasteiger partial charge < -0.3 is 15.0 Å². The highest BCUT2D eigenvalue weighted by molar-refractivity contribution is 7.99. The number of nitrogens with one attached hydrogen (secondary N) is 1. The molecule has 0 saturated carbocycles. The zero-order valence-electron chi connectivity index (χ0n) is 21.8. The van der Waals surface area contributed by atoms with Crippen molar-refractivity contribution >= 4 is 51.4 Å². The van der Waals surface area contributed by atoms with Crippen molar-refractivity contribution in [2.75, 3.05) is 26.0 Å². The third-order valence-electron chi connectivity index (χ3n) is 5.57. The molecule has 0 radical (unpaired) electrons. The molecule has 1 N–H and O–H groups in total. The summed E-state index contributed by atoms with van der Waals surface area (Å²) in [5, 5.41) is 6.44. The third kappa shape index (κ3) is 8.76. The number of anilines is 2. The maximum Gasteiger partial charge on any atom is 0.188 e. The number of pyridine rings is 2. The highest BCUT2D eigenvalue weighted by Gasteiger charge is 2.17. The van der Waals surface area contributed by atoms with Crippen molar-refractivity contribution in [2.24, 2.45) is 0 Å². The molecule has 4 rings (SSSR count). The number of benzene rings is 1. The summed E-state index contributed by atoms with van der Waals surface area (Å²) in [6.07, 6.45) is 4.82. The summed E-state index contributed by atoms with van der Waals surface area (Å²) >= 11 is 9.62. The summed E-state index contributed by atoms with van der Waals surface area (Å²) < 4.78 is 6.31. The Hall–Kier alpha value is -2.98. The first-order chi connectivity index (χ1) is 18.3. The lowest BCUT2D eigenvalue weighted by Gasteiger charge is -2.16. The Morgan fingerprint density at radius 3 is 2.69 bits per heavy atom. The van der Waals surface area contributed by atoms with Gasteiger partial charge in [-0.25, -0.2) is 9.97 Å². The number of ether oxygens (including phenoxy) is 1. The van der Waals surface area contributed by atoms with E-state index in [9.17, 15) is 4.79 Å². The molecule has 4 aromatic rings. The van der Waals surface area contributed by atoms with Crippen molar-refractivity contribution in [3.63, 3.8) is 0 Å². The molecule has 7 nitrogen and oxygen atoms in total. The normalized spacial score (nSPS) is 11.6. The number of aryl methyl sites for hydroxylation is 1. The first-order valence-electron chi connectivity index (χ1n) is 12.2. The molecule has 10 heteroatoms. The molecule has 3 aromatic heterocycles. The Bertz CT molecular complexity index is 1380. The first-order valence-corrected chi connectivity index (χ1v) is 14.3. The van der Waals surface area contributed by atoms with Gasteiger partial charge in [0.2, 0.25) is 0 Å². The molecule has 1 unspecified atom stereocenters. The van der Waals surface area contributed by atoms with Crippen LogP contribution in [0, 0.1) is 6.92 Å². The van der Waals surface area contributed by atoms with Crippen molar-refractivity contribution in [3.05, 3.63) is 82.2 Å². The lowest BCUT2D eigenvalue weighted by atomic mass is 10.1. The largest absolute Gasteiger partial charge is 0.452 e. The first kappa shape index (κ1) is 30.6. The van der Waals surface area contributed by atoms with Crippen molar-refractivity contribution in [2.45, 2.75) is 44.3 Å². The van der Waals surface area contributed by atoms with Crippen LogP contribution >= 0.6 is 34.7 Å². The fourth-order valence-electron chi connectivity index (χ4n) is 3.63. The smallest absolute Gasteiger partial charge is 0.188 e. The van der Waals surface area contributed by atoms with Gasteiger partial charge in [-0.1, -0.05) is 25.1 Å². The van der Waals surface area contributed by atoms with Crippen LogP contribution in [-0.4, -0.2) is 46.3 Å². The Labute approximate surface area is 244 Å². The number of aromatic nitrogens is 3. The van der Waals surface area contributed by atoms with Crippen LogP contribution in [0.1, 0.15) is 54.2 Å². The molecule has 1 atom stereocenters. The van der Waals surface area contributed by atoms with E-state index in [-0.39, 0.29) is 18.5 Å². The molecular formula is C29H34ClN5O2S2. The topological polar surface area (TPSA) is 80.2 Å². The van der Waals surface area contributed by atoms with Crippen molar-refractivity contribution < 1.29 is 9.53 Å². The van der Waals surface area contributed by atoms with Crippen molar-refractivity contribution in [3.8, 4) is 11.5 Å². The van der Waals surface area contributed by atoms with Crippen LogP contribution in [0.4, 0.5) is 10.9 Å². The standard InChI is InChI=1S/C28H30ClN5O2S2.CH4/c1-18-17-37-28(32-18)33-27-26(15-21(16-31-27)38-19(2)23-8-5-6-12-30-23)36-25-14-20(10-11-22(25)29)24(35)9-7-13-34(3)4;/h5-6,8,10-12,14-17,19H,7,9,13H2,1-4H3,(H,31,32,33);1H4. The Balaban J connectivity index is 0.00000420. The molecule has 0 bridgehead atoms. The molecule has 1 aromatic carbocycles. The number of hydrogen-bond donors (Lipinski definition) is 1. The van der Waals surface area contributed by atoms with Crippen molar-refractivity contribution in [1.82, 2.24) is 19.9 Å². The van der Waals surface area contributed by atoms with Crippen LogP contribution in [0.3, 0.4) is 0 Å². The number of hydrogen-bond acceptors (Lipinski definition) is 9. The third-order valence-corrected chi connectivity index (χ3v) is 7.85. The van der Waals surface area contributed by atoms with Gasteiger partial charge in [0.25, 0.3) is 0 Å². The van der Waals surface area contributed by atoms with Crippen LogP contribution in [0.5, 0.6) is 11.5 Å². The molecule has 39 heavy (non-hydrogen) atoms. The van der Waals surface area contributed by atoms with Gasteiger partial charge in [-0.3, -0.25) is 9.78 Å². The van der Waals surface area contributed by atoms with E-state index in [0.717, 1.165) is 29.2 Å². The molecule has 0 amide bonds. The Kier molecular flexibility index (Phi) is 11.3. The van der Waals surface area contributed by atoms with Gasteiger partial charge in [0.05, 0.1) is 16.4 Å². The van der Waals surface area contributed by atoms with E-state index in [0.29, 0.717) is 39.5 Å². The maximum atomic E-state index is 12.8. The quantitative estimate of drug-likeness (QED) is 0.131. The minimum atomic E-state index is 0. The minimum absolute atomic E-state index is 0. The van der Waals surface area contributed by atoms with Gasteiger partial charge in [-0.15, -0.1) is 23.1 Å². The number of carbonyl (C=O) groups is 1. The molecule has 0 spiro atoms. The number of carbonyl (C=O) groups excluding carboxylic acids is 1. The Morgan fingerprint density at radius 1 is 1.18 bits per heavy atom.